The number of hydrogen-bond donors (Lipinski definition) is 4. The van der Waals surface area contributed by atoms with E-state index in [0.29, 0.717) is 10.6 Å². The molecule has 0 fully saturated rings. The molecule has 0 aliphatic carbocycles. The van der Waals surface area contributed by atoms with E-state index in [2.05, 4.69) is 20.9 Å². The van der Waals surface area contributed by atoms with Gasteiger partial charge in [0, 0.05) is 6.42 Å². The number of para-hydroxylation sites is 1. The number of aromatic nitrogens is 1. The lowest BCUT2D eigenvalue weighted by molar-refractivity contribution is -0.130. The number of alkyl carbamates (subject to hydrolysis) is 1. The highest BCUT2D eigenvalue weighted by Gasteiger charge is 2.31. The Morgan fingerprint density at radius 1 is 1.03 bits per heavy atom. The van der Waals surface area contributed by atoms with Gasteiger partial charge in [-0.05, 0) is 56.5 Å². The Labute approximate surface area is 231 Å². The Morgan fingerprint density at radius 3 is 2.31 bits per heavy atom. The Morgan fingerprint density at radius 2 is 1.69 bits per heavy atom. The summed E-state index contributed by atoms with van der Waals surface area (Å²) in [7, 11) is 0. The van der Waals surface area contributed by atoms with Gasteiger partial charge in [-0.25, -0.2) is 14.2 Å². The number of benzene rings is 2. The van der Waals surface area contributed by atoms with E-state index in [0.717, 1.165) is 10.2 Å². The Bertz CT molecular complexity index is 1260. The summed E-state index contributed by atoms with van der Waals surface area (Å²) < 4.78 is 19.6. The molecule has 0 aliphatic rings. The minimum atomic E-state index is -1.06. The molecule has 11 heteroatoms. The SMILES string of the molecule is CC(C)[C@H](NC(=O)OC(C)(C)C)C(=O)N[C@@H](Cc1ccc(F)cc1)C(=O)NCC(O)c1nc2ccccc2s1. The molecule has 3 aromatic rings. The van der Waals surface area contributed by atoms with Crippen LogP contribution in [0.1, 0.15) is 51.3 Å². The molecule has 3 rings (SSSR count). The minimum Gasteiger partial charge on any atom is -0.444 e. The lowest BCUT2D eigenvalue weighted by atomic mass is 10.0. The smallest absolute Gasteiger partial charge is 0.408 e. The zero-order valence-electron chi connectivity index (χ0n) is 22.7. The topological polar surface area (TPSA) is 130 Å². The molecule has 210 valence electrons. The second-order valence-electron chi connectivity index (χ2n) is 10.5. The van der Waals surface area contributed by atoms with Crippen molar-refractivity contribution in [3.8, 4) is 0 Å². The number of nitrogens with zero attached hydrogens (tertiary/aromatic N) is 1. The molecule has 9 nitrogen and oxygen atoms in total. The molecule has 1 unspecified atom stereocenters. The molecule has 0 aliphatic heterocycles. The predicted octanol–water partition coefficient (Wildman–Crippen LogP) is 3.86. The van der Waals surface area contributed by atoms with E-state index >= 15 is 0 Å². The summed E-state index contributed by atoms with van der Waals surface area (Å²) in [6.07, 6.45) is -1.74. The fraction of sp³-hybridized carbons (Fsp3) is 0.429. The molecule has 1 aromatic heterocycles. The Balaban J connectivity index is 1.72. The highest BCUT2D eigenvalue weighted by molar-refractivity contribution is 7.18. The van der Waals surface area contributed by atoms with Crippen LogP contribution in [0.15, 0.2) is 48.5 Å². The number of carbonyl (C=O) groups excluding carboxylic acids is 3. The summed E-state index contributed by atoms with van der Waals surface area (Å²) >= 11 is 1.33. The van der Waals surface area contributed by atoms with Crippen LogP contribution >= 0.6 is 11.3 Å². The summed E-state index contributed by atoms with van der Waals surface area (Å²) in [4.78, 5) is 43.2. The average molecular weight is 559 g/mol. The third-order valence-corrected chi connectivity index (χ3v) is 6.81. The number of fused-ring (bicyclic) bond motifs is 1. The fourth-order valence-electron chi connectivity index (χ4n) is 3.74. The molecule has 0 radical (unpaired) electrons. The minimum absolute atomic E-state index is 0.0618. The summed E-state index contributed by atoms with van der Waals surface area (Å²) in [6.45, 7) is 8.52. The van der Waals surface area contributed by atoms with E-state index in [1.165, 1.54) is 35.6 Å². The molecule has 0 saturated heterocycles. The van der Waals surface area contributed by atoms with Gasteiger partial charge in [0.25, 0.3) is 0 Å². The third-order valence-electron chi connectivity index (χ3n) is 5.67. The maximum Gasteiger partial charge on any atom is 0.408 e. The third kappa shape index (κ3) is 9.00. The number of nitrogens with one attached hydrogen (secondary N) is 3. The van der Waals surface area contributed by atoms with Crippen molar-refractivity contribution in [1.82, 2.24) is 20.9 Å². The van der Waals surface area contributed by atoms with Crippen molar-refractivity contribution in [1.29, 1.82) is 0 Å². The van der Waals surface area contributed by atoms with Crippen LogP contribution in [-0.2, 0) is 20.7 Å². The van der Waals surface area contributed by atoms with E-state index < -0.39 is 47.5 Å². The largest absolute Gasteiger partial charge is 0.444 e. The highest BCUT2D eigenvalue weighted by Crippen LogP contribution is 2.26. The van der Waals surface area contributed by atoms with Gasteiger partial charge in [-0.15, -0.1) is 11.3 Å². The van der Waals surface area contributed by atoms with Crippen LogP contribution in [0, 0.1) is 11.7 Å². The molecular weight excluding hydrogens is 523 g/mol. The van der Waals surface area contributed by atoms with Crippen molar-refractivity contribution in [2.45, 2.75) is 64.8 Å². The van der Waals surface area contributed by atoms with Crippen LogP contribution in [0.2, 0.25) is 0 Å². The van der Waals surface area contributed by atoms with Gasteiger partial charge < -0.3 is 25.8 Å². The number of rotatable bonds is 10. The average Bonchev–Trinajstić information content (AvgIpc) is 3.29. The molecule has 2 aromatic carbocycles. The van der Waals surface area contributed by atoms with Crippen LogP contribution in [0.25, 0.3) is 10.2 Å². The first-order valence-corrected chi connectivity index (χ1v) is 13.5. The molecule has 1 heterocycles. The monoisotopic (exact) mass is 558 g/mol. The van der Waals surface area contributed by atoms with Gasteiger partial charge >= 0.3 is 6.09 Å². The maximum absolute atomic E-state index is 13.4. The van der Waals surface area contributed by atoms with Crippen LogP contribution in [-0.4, -0.2) is 52.2 Å². The molecule has 0 spiro atoms. The second kappa shape index (κ2) is 13.0. The van der Waals surface area contributed by atoms with Crippen LogP contribution < -0.4 is 16.0 Å². The summed E-state index contributed by atoms with van der Waals surface area (Å²) in [5.41, 5.74) is 0.614. The first-order valence-electron chi connectivity index (χ1n) is 12.7. The van der Waals surface area contributed by atoms with E-state index in [9.17, 15) is 23.9 Å². The molecule has 3 atom stereocenters. The number of amides is 3. The van der Waals surface area contributed by atoms with E-state index in [1.807, 2.05) is 24.3 Å². The molecule has 0 saturated carbocycles. The normalized spacial score (nSPS) is 13.9. The maximum atomic E-state index is 13.4. The highest BCUT2D eigenvalue weighted by atomic mass is 32.1. The van der Waals surface area contributed by atoms with Gasteiger partial charge in [0.1, 0.15) is 34.6 Å². The van der Waals surface area contributed by atoms with Crippen LogP contribution in [0.5, 0.6) is 0 Å². The number of thiazole rings is 1. The number of carbonyl (C=O) groups is 3. The first-order chi connectivity index (χ1) is 18.3. The van der Waals surface area contributed by atoms with E-state index in [-0.39, 0.29) is 18.9 Å². The first kappa shape index (κ1) is 30.0. The zero-order chi connectivity index (χ0) is 28.7. The number of ether oxygens (including phenoxy) is 1. The lowest BCUT2D eigenvalue weighted by Gasteiger charge is -2.27. The Hall–Kier alpha value is -3.57. The van der Waals surface area contributed by atoms with Gasteiger partial charge in [-0.3, -0.25) is 9.59 Å². The molecule has 3 amide bonds. The summed E-state index contributed by atoms with van der Waals surface area (Å²) in [5.74, 6) is -1.87. The van der Waals surface area contributed by atoms with E-state index in [4.69, 9.17) is 4.74 Å². The number of hydrogen-bond acceptors (Lipinski definition) is 7. The zero-order valence-corrected chi connectivity index (χ0v) is 23.5. The number of halogens is 1. The Kier molecular flexibility index (Phi) is 9.98. The van der Waals surface area contributed by atoms with Crippen molar-refractivity contribution in [3.63, 3.8) is 0 Å². The molecular formula is C28H35FN4O5S. The van der Waals surface area contributed by atoms with Crippen molar-refractivity contribution in [3.05, 3.63) is 64.9 Å². The second-order valence-corrected chi connectivity index (χ2v) is 11.6. The fourth-order valence-corrected chi connectivity index (χ4v) is 4.69. The van der Waals surface area contributed by atoms with E-state index in [1.54, 1.807) is 34.6 Å². The standard InChI is InChI=1S/C28H35FN4O5S/c1-16(2)23(33-27(37)38-28(3,4)5)25(36)31-20(14-17-10-12-18(29)13-11-17)24(35)30-15-21(34)26-32-19-8-6-7-9-22(19)39-26/h6-13,16,20-21,23,34H,14-15H2,1-5H3,(H,30,35)(H,31,36)(H,33,37)/t20-,21?,23-/m0/s1. The quantitative estimate of drug-likeness (QED) is 0.299. The van der Waals surface area contributed by atoms with Crippen molar-refractivity contribution in [2.75, 3.05) is 6.54 Å². The number of aliphatic hydroxyl groups is 1. The summed E-state index contributed by atoms with van der Waals surface area (Å²) in [6, 6.07) is 11.0. The summed E-state index contributed by atoms with van der Waals surface area (Å²) in [5, 5.41) is 19.1. The van der Waals surface area contributed by atoms with Gasteiger partial charge in [0.2, 0.25) is 11.8 Å². The van der Waals surface area contributed by atoms with Crippen LogP contribution in [0.3, 0.4) is 0 Å². The van der Waals surface area contributed by atoms with Gasteiger partial charge in [0.05, 0.1) is 16.8 Å². The number of aliphatic hydroxyl groups excluding tert-OH is 1. The van der Waals surface area contributed by atoms with Crippen molar-refractivity contribution in [2.24, 2.45) is 5.92 Å². The van der Waals surface area contributed by atoms with Gasteiger partial charge in [-0.2, -0.15) is 0 Å². The predicted molar refractivity (Wildman–Crippen MR) is 148 cm³/mol. The molecule has 4 N–H and O–H groups in total. The molecule has 0 bridgehead atoms. The molecule has 39 heavy (non-hydrogen) atoms. The lowest BCUT2D eigenvalue weighted by Crippen LogP contribution is -2.56. The van der Waals surface area contributed by atoms with Gasteiger partial charge in [0.15, 0.2) is 0 Å². The van der Waals surface area contributed by atoms with Crippen LogP contribution in [0.4, 0.5) is 9.18 Å². The van der Waals surface area contributed by atoms with Crippen molar-refractivity contribution >= 4 is 39.5 Å². The van der Waals surface area contributed by atoms with Gasteiger partial charge in [-0.1, -0.05) is 38.1 Å². The van der Waals surface area contributed by atoms with Crippen molar-refractivity contribution < 1.29 is 28.6 Å².